The molecule has 17 heavy (non-hydrogen) atoms. The van der Waals surface area contributed by atoms with Gasteiger partial charge >= 0.3 is 0 Å². The van der Waals surface area contributed by atoms with E-state index in [1.54, 1.807) is 12.5 Å². The summed E-state index contributed by atoms with van der Waals surface area (Å²) in [5.41, 5.74) is 1.09. The molecule has 2 heterocycles. The molecule has 1 aliphatic heterocycles. The Bertz CT molecular complexity index is 340. The zero-order valence-electron chi connectivity index (χ0n) is 10.0. The summed E-state index contributed by atoms with van der Waals surface area (Å²) in [6.45, 7) is 4.66. The van der Waals surface area contributed by atoms with E-state index in [0.717, 1.165) is 31.6 Å². The number of nitrogens with zero attached hydrogens (tertiary/aromatic N) is 1. The maximum atomic E-state index is 11.9. The van der Waals surface area contributed by atoms with E-state index in [1.807, 2.05) is 11.0 Å². The maximum Gasteiger partial charge on any atom is 0.223 e. The minimum atomic E-state index is 0. The van der Waals surface area contributed by atoms with E-state index >= 15 is 0 Å². The van der Waals surface area contributed by atoms with E-state index < -0.39 is 0 Å². The van der Waals surface area contributed by atoms with Crippen molar-refractivity contribution in [3.05, 3.63) is 24.2 Å². The lowest BCUT2D eigenvalue weighted by molar-refractivity contribution is -0.132. The molecule has 1 fully saturated rings. The molecular formula is C12H19ClN2O2. The van der Waals surface area contributed by atoms with Gasteiger partial charge in [-0.05, 0) is 25.0 Å². The minimum absolute atomic E-state index is 0. The van der Waals surface area contributed by atoms with Gasteiger partial charge in [-0.15, -0.1) is 12.4 Å². The Morgan fingerprint density at radius 3 is 3.12 bits per heavy atom. The van der Waals surface area contributed by atoms with Gasteiger partial charge in [-0.2, -0.15) is 0 Å². The molecule has 1 amide bonds. The van der Waals surface area contributed by atoms with Crippen molar-refractivity contribution < 1.29 is 9.21 Å². The van der Waals surface area contributed by atoms with E-state index in [2.05, 4.69) is 12.2 Å². The number of amides is 1. The van der Waals surface area contributed by atoms with Crippen LogP contribution in [-0.2, 0) is 11.2 Å². The highest BCUT2D eigenvalue weighted by atomic mass is 35.5. The molecule has 2 rings (SSSR count). The van der Waals surface area contributed by atoms with Gasteiger partial charge in [0.15, 0.2) is 0 Å². The zero-order chi connectivity index (χ0) is 11.4. The van der Waals surface area contributed by atoms with Crippen LogP contribution in [-0.4, -0.2) is 36.5 Å². The highest BCUT2D eigenvalue weighted by molar-refractivity contribution is 5.85. The fourth-order valence-corrected chi connectivity index (χ4v) is 2.00. The van der Waals surface area contributed by atoms with E-state index in [9.17, 15) is 4.79 Å². The number of carbonyl (C=O) groups is 1. The van der Waals surface area contributed by atoms with Gasteiger partial charge in [0.05, 0.1) is 12.5 Å². The lowest BCUT2D eigenvalue weighted by Gasteiger charge is -2.31. The number of hydrogen-bond donors (Lipinski definition) is 1. The van der Waals surface area contributed by atoms with Crippen LogP contribution in [0.25, 0.3) is 0 Å². The summed E-state index contributed by atoms with van der Waals surface area (Å²) in [5, 5.41) is 3.33. The minimum Gasteiger partial charge on any atom is -0.472 e. The Labute approximate surface area is 108 Å². The van der Waals surface area contributed by atoms with Gasteiger partial charge in [0.1, 0.15) is 0 Å². The summed E-state index contributed by atoms with van der Waals surface area (Å²) in [6.07, 6.45) is 4.69. The number of piperazine rings is 1. The molecule has 0 spiro atoms. The maximum absolute atomic E-state index is 11.9. The Morgan fingerprint density at radius 2 is 2.47 bits per heavy atom. The zero-order valence-corrected chi connectivity index (χ0v) is 10.8. The number of aryl methyl sites for hydroxylation is 1. The van der Waals surface area contributed by atoms with Crippen molar-refractivity contribution in [2.24, 2.45) is 0 Å². The Kier molecular flexibility index (Phi) is 5.51. The predicted molar refractivity (Wildman–Crippen MR) is 68.3 cm³/mol. The highest BCUT2D eigenvalue weighted by Gasteiger charge is 2.19. The lowest BCUT2D eigenvalue weighted by atomic mass is 10.1. The first-order chi connectivity index (χ1) is 7.75. The standard InChI is InChI=1S/C12H18N2O2.ClH/c1-10-8-14(6-5-13-10)12(15)3-2-11-4-7-16-9-11;/h4,7,9-10,13H,2-3,5-6,8H2,1H3;1H/t10-;/m1./s1. The molecule has 1 saturated heterocycles. The third-order valence-corrected chi connectivity index (χ3v) is 2.93. The Balaban J connectivity index is 0.00000144. The molecule has 0 radical (unpaired) electrons. The summed E-state index contributed by atoms with van der Waals surface area (Å²) < 4.78 is 4.97. The molecule has 0 bridgehead atoms. The van der Waals surface area contributed by atoms with Gasteiger partial charge in [0.2, 0.25) is 5.91 Å². The van der Waals surface area contributed by atoms with Gasteiger partial charge in [0.25, 0.3) is 0 Å². The monoisotopic (exact) mass is 258 g/mol. The van der Waals surface area contributed by atoms with Crippen LogP contribution in [0.5, 0.6) is 0 Å². The first-order valence-electron chi connectivity index (χ1n) is 5.78. The summed E-state index contributed by atoms with van der Waals surface area (Å²) >= 11 is 0. The second-order valence-corrected chi connectivity index (χ2v) is 4.33. The van der Waals surface area contributed by atoms with Crippen molar-refractivity contribution >= 4 is 18.3 Å². The quantitative estimate of drug-likeness (QED) is 0.893. The average molecular weight is 259 g/mol. The molecule has 4 nitrogen and oxygen atoms in total. The van der Waals surface area contributed by atoms with Crippen molar-refractivity contribution in [1.82, 2.24) is 10.2 Å². The van der Waals surface area contributed by atoms with E-state index in [1.165, 1.54) is 0 Å². The molecule has 0 aromatic carbocycles. The van der Waals surface area contributed by atoms with Crippen LogP contribution in [0, 0.1) is 0 Å². The van der Waals surface area contributed by atoms with Gasteiger partial charge < -0.3 is 14.6 Å². The third-order valence-electron chi connectivity index (χ3n) is 2.93. The molecule has 5 heteroatoms. The normalized spacial score (nSPS) is 19.8. The average Bonchev–Trinajstić information content (AvgIpc) is 2.78. The second-order valence-electron chi connectivity index (χ2n) is 4.33. The molecular weight excluding hydrogens is 240 g/mol. The number of hydrogen-bond acceptors (Lipinski definition) is 3. The lowest BCUT2D eigenvalue weighted by Crippen LogP contribution is -2.51. The molecule has 1 aromatic heterocycles. The topological polar surface area (TPSA) is 45.5 Å². The summed E-state index contributed by atoms with van der Waals surface area (Å²) in [5.74, 6) is 0.245. The summed E-state index contributed by atoms with van der Waals surface area (Å²) in [7, 11) is 0. The highest BCUT2D eigenvalue weighted by Crippen LogP contribution is 2.07. The first-order valence-corrected chi connectivity index (χ1v) is 5.78. The molecule has 1 aliphatic rings. The molecule has 1 N–H and O–H groups in total. The van der Waals surface area contributed by atoms with Gasteiger partial charge in [-0.3, -0.25) is 4.79 Å². The predicted octanol–water partition coefficient (Wildman–Crippen LogP) is 1.45. The van der Waals surface area contributed by atoms with E-state index in [0.29, 0.717) is 12.5 Å². The number of carbonyl (C=O) groups excluding carboxylic acids is 1. The number of nitrogens with one attached hydrogen (secondary N) is 1. The molecule has 0 unspecified atom stereocenters. The van der Waals surface area contributed by atoms with Gasteiger partial charge in [-0.25, -0.2) is 0 Å². The molecule has 1 atom stereocenters. The van der Waals surface area contributed by atoms with E-state index in [-0.39, 0.29) is 18.3 Å². The third kappa shape index (κ3) is 4.06. The Hall–Kier alpha value is -1.00. The summed E-state index contributed by atoms with van der Waals surface area (Å²) in [6, 6.07) is 2.32. The van der Waals surface area contributed by atoms with Crippen molar-refractivity contribution in [2.75, 3.05) is 19.6 Å². The molecule has 0 aliphatic carbocycles. The van der Waals surface area contributed by atoms with Crippen molar-refractivity contribution in [1.29, 1.82) is 0 Å². The smallest absolute Gasteiger partial charge is 0.223 e. The summed E-state index contributed by atoms with van der Waals surface area (Å²) in [4.78, 5) is 13.9. The van der Waals surface area contributed by atoms with Crippen molar-refractivity contribution in [2.45, 2.75) is 25.8 Å². The Morgan fingerprint density at radius 1 is 1.65 bits per heavy atom. The number of halogens is 1. The molecule has 1 aromatic rings. The SMILES string of the molecule is C[C@@H]1CN(C(=O)CCc2ccoc2)CCN1.Cl. The van der Waals surface area contributed by atoms with E-state index in [4.69, 9.17) is 4.42 Å². The van der Waals surface area contributed by atoms with Crippen LogP contribution in [0.1, 0.15) is 18.9 Å². The van der Waals surface area contributed by atoms with Gasteiger partial charge in [0, 0.05) is 32.1 Å². The van der Waals surface area contributed by atoms with Crippen LogP contribution in [0.3, 0.4) is 0 Å². The molecule has 96 valence electrons. The second kappa shape index (κ2) is 6.67. The van der Waals surface area contributed by atoms with Crippen molar-refractivity contribution in [3.63, 3.8) is 0 Å². The van der Waals surface area contributed by atoms with Crippen LogP contribution in [0.4, 0.5) is 0 Å². The fraction of sp³-hybridized carbons (Fsp3) is 0.583. The number of rotatable bonds is 3. The van der Waals surface area contributed by atoms with Crippen molar-refractivity contribution in [3.8, 4) is 0 Å². The number of furan rings is 1. The van der Waals surface area contributed by atoms with Crippen LogP contribution < -0.4 is 5.32 Å². The fourth-order valence-electron chi connectivity index (χ4n) is 2.00. The molecule has 0 saturated carbocycles. The van der Waals surface area contributed by atoms with Crippen LogP contribution in [0.2, 0.25) is 0 Å². The largest absolute Gasteiger partial charge is 0.472 e. The van der Waals surface area contributed by atoms with Crippen LogP contribution >= 0.6 is 12.4 Å². The van der Waals surface area contributed by atoms with Crippen LogP contribution in [0.15, 0.2) is 23.0 Å². The first kappa shape index (κ1) is 14.1. The van der Waals surface area contributed by atoms with Gasteiger partial charge in [-0.1, -0.05) is 0 Å².